The number of ketones is 1. The van der Waals surface area contributed by atoms with E-state index in [1.165, 1.54) is 6.08 Å². The summed E-state index contributed by atoms with van der Waals surface area (Å²) in [4.78, 5) is 36.1. The van der Waals surface area contributed by atoms with Crippen LogP contribution in [0.4, 0.5) is 0 Å². The fourth-order valence-corrected chi connectivity index (χ4v) is 2.15. The molecule has 0 aliphatic heterocycles. The molecule has 0 rings (SSSR count). The Hall–Kier alpha value is -1.65. The Labute approximate surface area is 145 Å². The van der Waals surface area contributed by atoms with E-state index in [0.29, 0.717) is 6.42 Å². The Bertz CT molecular complexity index is 445. The van der Waals surface area contributed by atoms with Gasteiger partial charge in [-0.25, -0.2) is 0 Å². The van der Waals surface area contributed by atoms with E-state index in [2.05, 4.69) is 6.58 Å². The van der Waals surface area contributed by atoms with E-state index in [0.717, 1.165) is 0 Å². The first-order valence-electron chi connectivity index (χ1n) is 8.50. The number of Topliss-reactive ketones (excluding diaryl/α,β-unsaturated/α-hetero) is 1. The van der Waals surface area contributed by atoms with Crippen LogP contribution in [0.15, 0.2) is 12.7 Å². The first-order valence-corrected chi connectivity index (χ1v) is 8.50. The molecule has 0 amide bonds. The van der Waals surface area contributed by atoms with Crippen molar-refractivity contribution in [2.24, 2.45) is 17.8 Å². The van der Waals surface area contributed by atoms with Crippen molar-refractivity contribution >= 4 is 17.7 Å². The zero-order valence-electron chi connectivity index (χ0n) is 15.9. The van der Waals surface area contributed by atoms with Gasteiger partial charge >= 0.3 is 11.9 Å². The van der Waals surface area contributed by atoms with Crippen molar-refractivity contribution in [3.05, 3.63) is 12.7 Å². The van der Waals surface area contributed by atoms with E-state index in [4.69, 9.17) is 9.47 Å². The maximum Gasteiger partial charge on any atom is 0.309 e. The van der Waals surface area contributed by atoms with Gasteiger partial charge in [0.1, 0.15) is 18.0 Å². The quantitative estimate of drug-likeness (QED) is 0.448. The first-order chi connectivity index (χ1) is 11.0. The zero-order chi connectivity index (χ0) is 18.9. The van der Waals surface area contributed by atoms with E-state index in [1.807, 2.05) is 34.6 Å². The van der Waals surface area contributed by atoms with Gasteiger partial charge in [-0.05, 0) is 33.1 Å². The number of carbonyl (C=O) groups excluding carboxylic acids is 3. The smallest absolute Gasteiger partial charge is 0.309 e. The number of carbonyl (C=O) groups is 3. The van der Waals surface area contributed by atoms with Crippen molar-refractivity contribution < 1.29 is 23.9 Å². The number of hydrogen-bond donors (Lipinski definition) is 0. The maximum absolute atomic E-state index is 12.4. The first kappa shape index (κ1) is 22.4. The normalized spacial score (nSPS) is 14.0. The highest BCUT2D eigenvalue weighted by atomic mass is 16.6. The van der Waals surface area contributed by atoms with Crippen LogP contribution >= 0.6 is 0 Å². The predicted molar refractivity (Wildman–Crippen MR) is 93.4 cm³/mol. The molecule has 0 heterocycles. The Balaban J connectivity index is 4.51. The van der Waals surface area contributed by atoms with Gasteiger partial charge in [-0.2, -0.15) is 0 Å². The van der Waals surface area contributed by atoms with Gasteiger partial charge in [-0.3, -0.25) is 14.4 Å². The van der Waals surface area contributed by atoms with Gasteiger partial charge in [0.05, 0.1) is 5.92 Å². The van der Waals surface area contributed by atoms with E-state index in [-0.39, 0.29) is 49.0 Å². The van der Waals surface area contributed by atoms with Crippen LogP contribution in [0.25, 0.3) is 0 Å². The van der Waals surface area contributed by atoms with Gasteiger partial charge in [0.25, 0.3) is 0 Å². The fraction of sp³-hybridized carbons (Fsp3) is 0.737. The minimum Gasteiger partial charge on any atom is -0.461 e. The minimum atomic E-state index is -0.526. The molecule has 0 aliphatic rings. The van der Waals surface area contributed by atoms with Gasteiger partial charge in [-0.1, -0.05) is 33.4 Å². The Morgan fingerprint density at radius 1 is 1.12 bits per heavy atom. The van der Waals surface area contributed by atoms with Crippen LogP contribution in [-0.4, -0.2) is 29.9 Å². The Morgan fingerprint density at radius 2 is 1.71 bits per heavy atom. The molecular formula is C19H32O5. The van der Waals surface area contributed by atoms with E-state index in [1.54, 1.807) is 6.92 Å². The lowest BCUT2D eigenvalue weighted by atomic mass is 9.86. The van der Waals surface area contributed by atoms with E-state index in [9.17, 15) is 14.4 Å². The molecule has 0 aliphatic carbocycles. The van der Waals surface area contributed by atoms with Crippen LogP contribution in [-0.2, 0) is 23.9 Å². The van der Waals surface area contributed by atoms with Crippen molar-refractivity contribution in [2.75, 3.05) is 6.61 Å². The highest BCUT2D eigenvalue weighted by molar-refractivity contribution is 5.86. The number of rotatable bonds is 10. The molecule has 0 aromatic rings. The molecule has 0 fully saturated rings. The summed E-state index contributed by atoms with van der Waals surface area (Å²) in [5.74, 6) is -1.49. The second kappa shape index (κ2) is 10.3. The summed E-state index contributed by atoms with van der Waals surface area (Å²) >= 11 is 0. The molecule has 0 radical (unpaired) electrons. The summed E-state index contributed by atoms with van der Waals surface area (Å²) in [6, 6.07) is 0. The summed E-state index contributed by atoms with van der Waals surface area (Å²) in [6.07, 6.45) is 2.24. The van der Waals surface area contributed by atoms with Crippen molar-refractivity contribution in [3.63, 3.8) is 0 Å². The Morgan fingerprint density at radius 3 is 2.17 bits per heavy atom. The van der Waals surface area contributed by atoms with Gasteiger partial charge in [0.2, 0.25) is 0 Å². The Kier molecular flexibility index (Phi) is 9.56. The molecular weight excluding hydrogens is 308 g/mol. The fourth-order valence-electron chi connectivity index (χ4n) is 2.15. The summed E-state index contributed by atoms with van der Waals surface area (Å²) in [6.45, 7) is 14.6. The standard InChI is InChI=1S/C19H32O5/c1-8-11-23-18(22)15(13(2)3)12-16(20)14(4)9-10-17(21)24-19(5,6)7/h8,13-15H,1,9-12H2,2-7H3/t14-,15-/m0/s1. The molecule has 5 heteroatoms. The van der Waals surface area contributed by atoms with Crippen LogP contribution in [0.5, 0.6) is 0 Å². The summed E-state index contributed by atoms with van der Waals surface area (Å²) in [5.41, 5.74) is -0.526. The van der Waals surface area contributed by atoms with Crippen molar-refractivity contribution in [2.45, 2.75) is 66.4 Å². The molecule has 0 aromatic carbocycles. The molecule has 2 atom stereocenters. The van der Waals surface area contributed by atoms with E-state index >= 15 is 0 Å². The topological polar surface area (TPSA) is 69.7 Å². The molecule has 0 saturated heterocycles. The third-order valence-corrected chi connectivity index (χ3v) is 3.62. The second-order valence-corrected chi connectivity index (χ2v) is 7.47. The number of esters is 2. The van der Waals surface area contributed by atoms with Gasteiger partial charge in [-0.15, -0.1) is 0 Å². The monoisotopic (exact) mass is 340 g/mol. The van der Waals surface area contributed by atoms with Gasteiger partial charge < -0.3 is 9.47 Å². The van der Waals surface area contributed by atoms with Crippen molar-refractivity contribution in [3.8, 4) is 0 Å². The SMILES string of the molecule is C=CCOC(=O)[C@@H](CC(=O)[C@@H](C)CCC(=O)OC(C)(C)C)C(C)C. The maximum atomic E-state index is 12.4. The van der Waals surface area contributed by atoms with Crippen molar-refractivity contribution in [1.82, 2.24) is 0 Å². The molecule has 0 saturated carbocycles. The highest BCUT2D eigenvalue weighted by Gasteiger charge is 2.28. The average Bonchev–Trinajstić information content (AvgIpc) is 2.45. The number of ether oxygens (including phenoxy) is 2. The van der Waals surface area contributed by atoms with Crippen LogP contribution in [0.1, 0.15) is 60.8 Å². The third-order valence-electron chi connectivity index (χ3n) is 3.62. The zero-order valence-corrected chi connectivity index (χ0v) is 15.9. The molecule has 0 bridgehead atoms. The van der Waals surface area contributed by atoms with Crippen molar-refractivity contribution in [1.29, 1.82) is 0 Å². The molecule has 0 N–H and O–H groups in total. The van der Waals surface area contributed by atoms with E-state index < -0.39 is 11.5 Å². The molecule has 138 valence electrons. The molecule has 0 aromatic heterocycles. The lowest BCUT2D eigenvalue weighted by Crippen LogP contribution is -2.28. The lowest BCUT2D eigenvalue weighted by molar-refractivity contribution is -0.155. The third kappa shape index (κ3) is 9.48. The number of hydrogen-bond acceptors (Lipinski definition) is 5. The molecule has 5 nitrogen and oxygen atoms in total. The summed E-state index contributed by atoms with van der Waals surface area (Å²) in [7, 11) is 0. The molecule has 0 spiro atoms. The average molecular weight is 340 g/mol. The molecule has 24 heavy (non-hydrogen) atoms. The summed E-state index contributed by atoms with van der Waals surface area (Å²) < 4.78 is 10.3. The van der Waals surface area contributed by atoms with Crippen LogP contribution in [0.2, 0.25) is 0 Å². The van der Waals surface area contributed by atoms with Crippen LogP contribution < -0.4 is 0 Å². The predicted octanol–water partition coefficient (Wildman–Crippen LogP) is 3.71. The highest BCUT2D eigenvalue weighted by Crippen LogP contribution is 2.22. The van der Waals surface area contributed by atoms with Crippen LogP contribution in [0, 0.1) is 17.8 Å². The lowest BCUT2D eigenvalue weighted by Gasteiger charge is -2.21. The van der Waals surface area contributed by atoms with Gasteiger partial charge in [0.15, 0.2) is 0 Å². The second-order valence-electron chi connectivity index (χ2n) is 7.47. The molecule has 0 unspecified atom stereocenters. The summed E-state index contributed by atoms with van der Waals surface area (Å²) in [5, 5.41) is 0. The minimum absolute atomic E-state index is 0.00400. The largest absolute Gasteiger partial charge is 0.461 e. The van der Waals surface area contributed by atoms with Gasteiger partial charge in [0, 0.05) is 18.8 Å². The van der Waals surface area contributed by atoms with Crippen LogP contribution in [0.3, 0.4) is 0 Å².